The molecule has 2 heterocycles. The lowest BCUT2D eigenvalue weighted by molar-refractivity contribution is 0.649. The van der Waals surface area contributed by atoms with Gasteiger partial charge in [0.05, 0.1) is 11.0 Å². The maximum absolute atomic E-state index is 4.61. The van der Waals surface area contributed by atoms with Crippen molar-refractivity contribution in [3.63, 3.8) is 0 Å². The van der Waals surface area contributed by atoms with Crippen molar-refractivity contribution in [2.24, 2.45) is 4.99 Å². The number of halogens is 1. The highest BCUT2D eigenvalue weighted by atomic mass is 127. The number of imidazole rings is 1. The molecule has 0 saturated carbocycles. The molecule has 0 spiro atoms. The number of aromatic nitrogens is 2. The summed E-state index contributed by atoms with van der Waals surface area (Å²) in [6.07, 6.45) is 0. The standard InChI is InChI=1S/C19H25N5S.HI/c1-14(16-8-11-25-13-16)12-22-19(20-3)21-9-10-24-15(2)23-17-6-4-5-7-18(17)24;/h4-8,11,13-14H,9-10,12H2,1-3H3,(H2,20,21,22);1H. The number of hydrogen-bond acceptors (Lipinski definition) is 3. The number of nitrogens with zero attached hydrogens (tertiary/aromatic N) is 3. The number of aryl methyl sites for hydroxylation is 1. The lowest BCUT2D eigenvalue weighted by atomic mass is 10.1. The van der Waals surface area contributed by atoms with Crippen LogP contribution in [0.4, 0.5) is 0 Å². The van der Waals surface area contributed by atoms with Crippen molar-refractivity contribution in [1.29, 1.82) is 0 Å². The van der Waals surface area contributed by atoms with Gasteiger partial charge in [0.1, 0.15) is 5.82 Å². The molecule has 1 aromatic carbocycles. The van der Waals surface area contributed by atoms with Crippen molar-refractivity contribution in [3.8, 4) is 0 Å². The summed E-state index contributed by atoms with van der Waals surface area (Å²) in [5, 5.41) is 11.1. The van der Waals surface area contributed by atoms with Crippen LogP contribution in [0.25, 0.3) is 11.0 Å². The fraction of sp³-hybridized carbons (Fsp3) is 0.368. The molecular formula is C19H26IN5S. The predicted molar refractivity (Wildman–Crippen MR) is 122 cm³/mol. The first-order valence-electron chi connectivity index (χ1n) is 8.57. The van der Waals surface area contributed by atoms with Gasteiger partial charge in [-0.3, -0.25) is 4.99 Å². The summed E-state index contributed by atoms with van der Waals surface area (Å²) in [6, 6.07) is 10.4. The van der Waals surface area contributed by atoms with E-state index >= 15 is 0 Å². The Labute approximate surface area is 176 Å². The van der Waals surface area contributed by atoms with E-state index in [9.17, 15) is 0 Å². The molecule has 0 aliphatic rings. The van der Waals surface area contributed by atoms with Crippen molar-refractivity contribution in [3.05, 3.63) is 52.5 Å². The summed E-state index contributed by atoms with van der Waals surface area (Å²) >= 11 is 1.74. The van der Waals surface area contributed by atoms with Crippen molar-refractivity contribution in [2.45, 2.75) is 26.3 Å². The largest absolute Gasteiger partial charge is 0.356 e. The number of hydrogen-bond donors (Lipinski definition) is 2. The van der Waals surface area contributed by atoms with E-state index < -0.39 is 0 Å². The third-order valence-corrected chi connectivity index (χ3v) is 5.09. The van der Waals surface area contributed by atoms with Gasteiger partial charge in [-0.15, -0.1) is 24.0 Å². The van der Waals surface area contributed by atoms with E-state index in [1.165, 1.54) is 11.1 Å². The monoisotopic (exact) mass is 483 g/mol. The summed E-state index contributed by atoms with van der Waals surface area (Å²) in [4.78, 5) is 8.93. The van der Waals surface area contributed by atoms with E-state index in [4.69, 9.17) is 0 Å². The number of aliphatic imine (C=N–C) groups is 1. The third kappa shape index (κ3) is 4.97. The Morgan fingerprint density at radius 2 is 2.08 bits per heavy atom. The van der Waals surface area contributed by atoms with Crippen LogP contribution in [0.2, 0.25) is 0 Å². The first-order chi connectivity index (χ1) is 12.2. The quantitative estimate of drug-likeness (QED) is 0.317. The lowest BCUT2D eigenvalue weighted by Crippen LogP contribution is -2.40. The van der Waals surface area contributed by atoms with Crippen molar-refractivity contribution in [1.82, 2.24) is 20.2 Å². The zero-order chi connectivity index (χ0) is 17.6. The van der Waals surface area contributed by atoms with Crippen molar-refractivity contribution < 1.29 is 0 Å². The predicted octanol–water partition coefficient (Wildman–Crippen LogP) is 3.99. The lowest BCUT2D eigenvalue weighted by Gasteiger charge is -2.16. The second-order valence-electron chi connectivity index (χ2n) is 6.14. The maximum atomic E-state index is 4.61. The minimum Gasteiger partial charge on any atom is -0.356 e. The highest BCUT2D eigenvalue weighted by molar-refractivity contribution is 14.0. The molecule has 2 N–H and O–H groups in total. The summed E-state index contributed by atoms with van der Waals surface area (Å²) < 4.78 is 2.24. The molecule has 5 nitrogen and oxygen atoms in total. The van der Waals surface area contributed by atoms with Crippen LogP contribution < -0.4 is 10.6 Å². The maximum Gasteiger partial charge on any atom is 0.191 e. The van der Waals surface area contributed by atoms with Gasteiger partial charge in [0.25, 0.3) is 0 Å². The zero-order valence-electron chi connectivity index (χ0n) is 15.4. The molecule has 0 aliphatic heterocycles. The Morgan fingerprint density at radius 1 is 1.27 bits per heavy atom. The molecule has 26 heavy (non-hydrogen) atoms. The van der Waals surface area contributed by atoms with Crippen LogP contribution in [-0.2, 0) is 6.54 Å². The average molecular weight is 483 g/mol. The smallest absolute Gasteiger partial charge is 0.191 e. The zero-order valence-corrected chi connectivity index (χ0v) is 18.5. The average Bonchev–Trinajstić information content (AvgIpc) is 3.26. The van der Waals surface area contributed by atoms with Gasteiger partial charge in [-0.25, -0.2) is 4.98 Å². The van der Waals surface area contributed by atoms with Crippen LogP contribution in [-0.4, -0.2) is 35.6 Å². The molecule has 140 valence electrons. The molecule has 1 atom stereocenters. The fourth-order valence-electron chi connectivity index (χ4n) is 2.91. The molecule has 0 saturated heterocycles. The fourth-order valence-corrected chi connectivity index (χ4v) is 3.69. The minimum atomic E-state index is 0. The molecule has 1 unspecified atom stereocenters. The number of rotatable bonds is 6. The SMILES string of the molecule is CN=C(NCCn1c(C)nc2ccccc21)NCC(C)c1ccsc1.I. The summed E-state index contributed by atoms with van der Waals surface area (Å²) in [7, 11) is 1.81. The first-order valence-corrected chi connectivity index (χ1v) is 9.52. The Bertz CT molecular complexity index is 841. The molecule has 7 heteroatoms. The van der Waals surface area contributed by atoms with Gasteiger partial charge >= 0.3 is 0 Å². The van der Waals surface area contributed by atoms with Crippen molar-refractivity contribution >= 4 is 52.3 Å². The second kappa shape index (κ2) is 9.91. The van der Waals surface area contributed by atoms with Gasteiger partial charge in [0.15, 0.2) is 5.96 Å². The number of guanidine groups is 1. The number of benzene rings is 1. The van der Waals surface area contributed by atoms with Gasteiger partial charge in [-0.1, -0.05) is 19.1 Å². The van der Waals surface area contributed by atoms with Gasteiger partial charge in [-0.2, -0.15) is 11.3 Å². The van der Waals surface area contributed by atoms with E-state index in [0.29, 0.717) is 5.92 Å². The highest BCUT2D eigenvalue weighted by Crippen LogP contribution is 2.17. The van der Waals surface area contributed by atoms with Crippen LogP contribution in [0.1, 0.15) is 24.2 Å². The Kier molecular flexibility index (Phi) is 7.89. The van der Waals surface area contributed by atoms with Crippen LogP contribution in [0.15, 0.2) is 46.1 Å². The topological polar surface area (TPSA) is 54.2 Å². The van der Waals surface area contributed by atoms with E-state index in [1.807, 2.05) is 13.1 Å². The van der Waals surface area contributed by atoms with Gasteiger partial charge in [0, 0.05) is 26.7 Å². The van der Waals surface area contributed by atoms with Gasteiger partial charge < -0.3 is 15.2 Å². The molecule has 2 aromatic heterocycles. The Balaban J connectivity index is 0.00000243. The number of nitrogens with one attached hydrogen (secondary N) is 2. The molecular weight excluding hydrogens is 457 g/mol. The molecule has 0 aliphatic carbocycles. The number of thiophene rings is 1. The van der Waals surface area contributed by atoms with Crippen LogP contribution in [0.5, 0.6) is 0 Å². The molecule has 0 fully saturated rings. The van der Waals surface area contributed by atoms with Crippen LogP contribution in [0, 0.1) is 6.92 Å². The summed E-state index contributed by atoms with van der Waals surface area (Å²) in [5.41, 5.74) is 3.59. The van der Waals surface area contributed by atoms with Crippen LogP contribution >= 0.6 is 35.3 Å². The summed E-state index contributed by atoms with van der Waals surface area (Å²) in [5.74, 6) is 2.34. The van der Waals surface area contributed by atoms with E-state index in [1.54, 1.807) is 11.3 Å². The normalized spacial score (nSPS) is 12.7. The number of para-hydroxylation sites is 2. The first kappa shape index (κ1) is 20.7. The third-order valence-electron chi connectivity index (χ3n) is 4.38. The highest BCUT2D eigenvalue weighted by Gasteiger charge is 2.08. The molecule has 0 radical (unpaired) electrons. The van der Waals surface area contributed by atoms with E-state index in [2.05, 4.69) is 74.1 Å². The van der Waals surface area contributed by atoms with E-state index in [-0.39, 0.29) is 24.0 Å². The minimum absolute atomic E-state index is 0. The molecule has 3 rings (SSSR count). The van der Waals surface area contributed by atoms with Crippen molar-refractivity contribution in [2.75, 3.05) is 20.1 Å². The van der Waals surface area contributed by atoms with Gasteiger partial charge in [0.2, 0.25) is 0 Å². The Hall–Kier alpha value is -1.61. The molecule has 0 bridgehead atoms. The molecule has 3 aromatic rings. The summed E-state index contributed by atoms with van der Waals surface area (Å²) in [6.45, 7) is 6.79. The Morgan fingerprint density at radius 3 is 2.81 bits per heavy atom. The van der Waals surface area contributed by atoms with Crippen LogP contribution in [0.3, 0.4) is 0 Å². The second-order valence-corrected chi connectivity index (χ2v) is 6.92. The number of fused-ring (bicyclic) bond motifs is 1. The van der Waals surface area contributed by atoms with E-state index in [0.717, 1.165) is 36.9 Å². The molecule has 0 amide bonds. The van der Waals surface area contributed by atoms with Gasteiger partial charge in [-0.05, 0) is 47.4 Å².